The number of carbonyl (C=O) groups excluding carboxylic acids is 1. The summed E-state index contributed by atoms with van der Waals surface area (Å²) >= 11 is 0. The van der Waals surface area contributed by atoms with Crippen molar-refractivity contribution in [2.45, 2.75) is 0 Å². The molecule has 0 fully saturated rings. The smallest absolute Gasteiger partial charge is 0.269 e. The summed E-state index contributed by atoms with van der Waals surface area (Å²) in [6, 6.07) is 11.1. The lowest BCUT2D eigenvalue weighted by atomic mass is 10.1. The van der Waals surface area contributed by atoms with Gasteiger partial charge in [0.25, 0.3) is 5.69 Å². The third kappa shape index (κ3) is 3.32. The number of non-ortho nitro benzene ring substituents is 1. The largest absolute Gasteiger partial charge is 0.288 e. The molecule has 0 aliphatic carbocycles. The lowest BCUT2D eigenvalue weighted by Gasteiger charge is -1.95. The van der Waals surface area contributed by atoms with Gasteiger partial charge in [-0.2, -0.15) is 0 Å². The van der Waals surface area contributed by atoms with Crippen LogP contribution in [0.3, 0.4) is 0 Å². The molecule has 0 N–H and O–H groups in total. The maximum Gasteiger partial charge on any atom is 0.269 e. The topological polar surface area (TPSA) is 73.1 Å². The molecule has 0 radical (unpaired) electrons. The standard InChI is InChI=1S/C14H10N2O3/c17-14(13-3-1-2-10-15-13)9-6-11-4-7-12(8-5-11)16(18)19/h1-10H. The summed E-state index contributed by atoms with van der Waals surface area (Å²) in [5, 5.41) is 10.5. The van der Waals surface area contributed by atoms with Crippen molar-refractivity contribution in [3.8, 4) is 0 Å². The minimum atomic E-state index is -0.466. The average Bonchev–Trinajstić information content (AvgIpc) is 2.46. The van der Waals surface area contributed by atoms with Crippen LogP contribution in [-0.2, 0) is 0 Å². The molecule has 1 heterocycles. The van der Waals surface area contributed by atoms with Crippen LogP contribution in [-0.4, -0.2) is 15.7 Å². The predicted molar refractivity (Wildman–Crippen MR) is 70.7 cm³/mol. The van der Waals surface area contributed by atoms with Gasteiger partial charge in [-0.15, -0.1) is 0 Å². The van der Waals surface area contributed by atoms with Gasteiger partial charge < -0.3 is 0 Å². The molecule has 19 heavy (non-hydrogen) atoms. The summed E-state index contributed by atoms with van der Waals surface area (Å²) < 4.78 is 0. The molecule has 0 bridgehead atoms. The number of pyridine rings is 1. The molecule has 0 saturated carbocycles. The first-order valence-corrected chi connectivity index (χ1v) is 5.55. The number of hydrogen-bond acceptors (Lipinski definition) is 4. The van der Waals surface area contributed by atoms with Crippen molar-refractivity contribution in [1.29, 1.82) is 0 Å². The number of nitro groups is 1. The fraction of sp³-hybridized carbons (Fsp3) is 0. The van der Waals surface area contributed by atoms with Gasteiger partial charge in [-0.3, -0.25) is 19.9 Å². The Morgan fingerprint density at radius 2 is 1.89 bits per heavy atom. The lowest BCUT2D eigenvalue weighted by Crippen LogP contribution is -1.96. The fourth-order valence-electron chi connectivity index (χ4n) is 1.47. The van der Waals surface area contributed by atoms with Crippen LogP contribution < -0.4 is 0 Å². The van der Waals surface area contributed by atoms with Crippen molar-refractivity contribution >= 4 is 17.5 Å². The molecule has 1 aromatic heterocycles. The number of hydrogen-bond donors (Lipinski definition) is 0. The van der Waals surface area contributed by atoms with Gasteiger partial charge in [-0.25, -0.2) is 0 Å². The van der Waals surface area contributed by atoms with E-state index in [4.69, 9.17) is 0 Å². The second kappa shape index (κ2) is 5.68. The number of benzene rings is 1. The van der Waals surface area contributed by atoms with E-state index in [-0.39, 0.29) is 11.5 Å². The Morgan fingerprint density at radius 1 is 1.16 bits per heavy atom. The summed E-state index contributed by atoms with van der Waals surface area (Å²) in [6.07, 6.45) is 4.54. The van der Waals surface area contributed by atoms with Crippen LogP contribution in [0.25, 0.3) is 6.08 Å². The third-order valence-electron chi connectivity index (χ3n) is 2.45. The molecule has 2 rings (SSSR count). The first-order valence-electron chi connectivity index (χ1n) is 5.55. The first kappa shape index (κ1) is 12.6. The van der Waals surface area contributed by atoms with Crippen LogP contribution in [0.5, 0.6) is 0 Å². The molecule has 0 unspecified atom stereocenters. The summed E-state index contributed by atoms with van der Waals surface area (Å²) in [5.41, 5.74) is 1.10. The van der Waals surface area contributed by atoms with E-state index >= 15 is 0 Å². The molecule has 0 aliphatic rings. The van der Waals surface area contributed by atoms with E-state index in [1.807, 2.05) is 0 Å². The quantitative estimate of drug-likeness (QED) is 0.364. The van der Waals surface area contributed by atoms with Crippen molar-refractivity contribution in [3.63, 3.8) is 0 Å². The Bertz CT molecular complexity index is 619. The Hall–Kier alpha value is -2.82. The number of nitrogens with zero attached hydrogens (tertiary/aromatic N) is 2. The Morgan fingerprint density at radius 3 is 2.47 bits per heavy atom. The van der Waals surface area contributed by atoms with Gasteiger partial charge in [-0.1, -0.05) is 12.1 Å². The molecule has 94 valence electrons. The summed E-state index contributed by atoms with van der Waals surface area (Å²) in [4.78, 5) is 25.7. The summed E-state index contributed by atoms with van der Waals surface area (Å²) in [6.45, 7) is 0. The Balaban J connectivity index is 2.10. The zero-order chi connectivity index (χ0) is 13.7. The normalized spacial score (nSPS) is 10.5. The van der Waals surface area contributed by atoms with Crippen molar-refractivity contribution in [3.05, 3.63) is 76.1 Å². The second-order valence-corrected chi connectivity index (χ2v) is 3.76. The molecule has 2 aromatic rings. The molecular formula is C14H10N2O3. The molecule has 1 aromatic carbocycles. The molecule has 5 nitrogen and oxygen atoms in total. The lowest BCUT2D eigenvalue weighted by molar-refractivity contribution is -0.384. The van der Waals surface area contributed by atoms with E-state index in [9.17, 15) is 14.9 Å². The van der Waals surface area contributed by atoms with Crippen LogP contribution in [0, 0.1) is 10.1 Å². The molecule has 5 heteroatoms. The second-order valence-electron chi connectivity index (χ2n) is 3.76. The highest BCUT2D eigenvalue weighted by Gasteiger charge is 2.04. The fourth-order valence-corrected chi connectivity index (χ4v) is 1.47. The van der Waals surface area contributed by atoms with Gasteiger partial charge in [-0.05, 0) is 35.9 Å². The Labute approximate surface area is 109 Å². The molecule has 0 spiro atoms. The number of rotatable bonds is 4. The van der Waals surface area contributed by atoms with E-state index < -0.39 is 4.92 Å². The van der Waals surface area contributed by atoms with Crippen LogP contribution in [0.1, 0.15) is 16.1 Å². The molecule has 0 amide bonds. The first-order chi connectivity index (χ1) is 9.16. The van der Waals surface area contributed by atoms with Crippen molar-refractivity contribution in [2.75, 3.05) is 0 Å². The van der Waals surface area contributed by atoms with E-state index in [2.05, 4.69) is 4.98 Å². The zero-order valence-electron chi connectivity index (χ0n) is 9.89. The van der Waals surface area contributed by atoms with Crippen molar-refractivity contribution < 1.29 is 9.72 Å². The predicted octanol–water partition coefficient (Wildman–Crippen LogP) is 2.89. The van der Waals surface area contributed by atoms with E-state index in [0.29, 0.717) is 5.69 Å². The van der Waals surface area contributed by atoms with Gasteiger partial charge in [0.05, 0.1) is 4.92 Å². The number of carbonyl (C=O) groups is 1. The maximum atomic E-state index is 11.7. The van der Waals surface area contributed by atoms with Crippen LogP contribution in [0.2, 0.25) is 0 Å². The molecular weight excluding hydrogens is 244 g/mol. The SMILES string of the molecule is O=C(C=Cc1ccc([N+](=O)[O-])cc1)c1ccccn1. The monoisotopic (exact) mass is 254 g/mol. The molecule has 0 aliphatic heterocycles. The van der Waals surface area contributed by atoms with Crippen LogP contribution in [0.4, 0.5) is 5.69 Å². The summed E-state index contributed by atoms with van der Waals surface area (Å²) in [7, 11) is 0. The molecule has 0 saturated heterocycles. The Kier molecular flexibility index (Phi) is 3.78. The van der Waals surface area contributed by atoms with Gasteiger partial charge in [0.1, 0.15) is 5.69 Å². The zero-order valence-corrected chi connectivity index (χ0v) is 9.89. The average molecular weight is 254 g/mol. The van der Waals surface area contributed by atoms with Gasteiger partial charge >= 0.3 is 0 Å². The van der Waals surface area contributed by atoms with Gasteiger partial charge in [0.15, 0.2) is 0 Å². The molecule has 0 atom stereocenters. The number of allylic oxidation sites excluding steroid dienone is 1. The van der Waals surface area contributed by atoms with Crippen LogP contribution >= 0.6 is 0 Å². The maximum absolute atomic E-state index is 11.7. The third-order valence-corrected chi connectivity index (χ3v) is 2.45. The minimum absolute atomic E-state index is 0.0215. The number of nitro benzene ring substituents is 1. The highest BCUT2D eigenvalue weighted by Crippen LogP contribution is 2.13. The van der Waals surface area contributed by atoms with Crippen LogP contribution in [0.15, 0.2) is 54.7 Å². The number of aromatic nitrogens is 1. The van der Waals surface area contributed by atoms with E-state index in [1.165, 1.54) is 18.2 Å². The number of ketones is 1. The van der Waals surface area contributed by atoms with E-state index in [1.54, 1.807) is 42.6 Å². The van der Waals surface area contributed by atoms with Crippen molar-refractivity contribution in [2.24, 2.45) is 0 Å². The van der Waals surface area contributed by atoms with Gasteiger partial charge in [0, 0.05) is 18.3 Å². The highest BCUT2D eigenvalue weighted by molar-refractivity contribution is 6.05. The van der Waals surface area contributed by atoms with Crippen molar-refractivity contribution in [1.82, 2.24) is 4.98 Å². The van der Waals surface area contributed by atoms with Gasteiger partial charge in [0.2, 0.25) is 5.78 Å². The van der Waals surface area contributed by atoms with E-state index in [0.717, 1.165) is 5.56 Å². The minimum Gasteiger partial charge on any atom is -0.288 e. The summed E-state index contributed by atoms with van der Waals surface area (Å²) in [5.74, 6) is -0.209. The highest BCUT2D eigenvalue weighted by atomic mass is 16.6.